The number of carbonyl (C=O) groups is 1. The van der Waals surface area contributed by atoms with Gasteiger partial charge in [-0.1, -0.05) is 11.6 Å². The van der Waals surface area contributed by atoms with Crippen molar-refractivity contribution in [1.82, 2.24) is 9.47 Å². The minimum Gasteiger partial charge on any atom is -0.448 e. The van der Waals surface area contributed by atoms with E-state index >= 15 is 0 Å². The number of hydrogen-bond donors (Lipinski definition) is 0. The number of ether oxygens (including phenoxy) is 1. The molecular weight excluding hydrogens is 272 g/mol. The van der Waals surface area contributed by atoms with Crippen LogP contribution in [-0.2, 0) is 11.3 Å². The van der Waals surface area contributed by atoms with E-state index < -0.39 is 11.8 Å². The molecule has 1 heterocycles. The van der Waals surface area contributed by atoms with Gasteiger partial charge in [-0.25, -0.2) is 9.59 Å². The molecule has 1 aromatic carbocycles. The van der Waals surface area contributed by atoms with Crippen molar-refractivity contribution in [3.63, 3.8) is 0 Å². The van der Waals surface area contributed by atoms with Crippen LogP contribution in [0.2, 0.25) is 5.02 Å². The number of rotatable bonds is 3. The van der Waals surface area contributed by atoms with Gasteiger partial charge < -0.3 is 14.1 Å². The lowest BCUT2D eigenvalue weighted by molar-refractivity contribution is 0.114. The van der Waals surface area contributed by atoms with Gasteiger partial charge in [0.2, 0.25) is 0 Å². The van der Waals surface area contributed by atoms with Crippen molar-refractivity contribution < 1.29 is 13.9 Å². The third-order valence-corrected chi connectivity index (χ3v) is 2.77. The Bertz CT molecular complexity index is 659. The Morgan fingerprint density at radius 3 is 2.89 bits per heavy atom. The number of oxazole rings is 1. The fraction of sp³-hybridized carbons (Fsp3) is 0.333. The summed E-state index contributed by atoms with van der Waals surface area (Å²) in [4.78, 5) is 24.2. The van der Waals surface area contributed by atoms with Gasteiger partial charge in [0.05, 0.1) is 12.1 Å². The van der Waals surface area contributed by atoms with E-state index in [9.17, 15) is 9.59 Å². The molecule has 0 aliphatic heterocycles. The molecule has 0 unspecified atom stereocenters. The number of fused-ring (bicyclic) bond motifs is 1. The van der Waals surface area contributed by atoms with E-state index in [1.807, 2.05) is 0 Å². The Labute approximate surface area is 114 Å². The van der Waals surface area contributed by atoms with E-state index in [0.717, 1.165) is 0 Å². The van der Waals surface area contributed by atoms with Crippen molar-refractivity contribution >= 4 is 28.8 Å². The lowest BCUT2D eigenvalue weighted by Gasteiger charge is -2.10. The zero-order valence-corrected chi connectivity index (χ0v) is 11.3. The Balaban J connectivity index is 2.15. The molecule has 0 N–H and O–H groups in total. The van der Waals surface area contributed by atoms with Gasteiger partial charge in [-0.05, 0) is 12.1 Å². The lowest BCUT2D eigenvalue weighted by atomic mass is 10.3. The van der Waals surface area contributed by atoms with Gasteiger partial charge in [0.25, 0.3) is 0 Å². The molecule has 0 spiro atoms. The molecule has 0 aliphatic carbocycles. The van der Waals surface area contributed by atoms with Crippen molar-refractivity contribution in [2.45, 2.75) is 6.54 Å². The number of benzene rings is 1. The highest BCUT2D eigenvalue weighted by Crippen LogP contribution is 2.18. The van der Waals surface area contributed by atoms with Crippen LogP contribution >= 0.6 is 11.6 Å². The van der Waals surface area contributed by atoms with E-state index in [1.54, 1.807) is 32.3 Å². The van der Waals surface area contributed by atoms with Crippen molar-refractivity contribution in [2.24, 2.45) is 0 Å². The van der Waals surface area contributed by atoms with Gasteiger partial charge in [0, 0.05) is 25.2 Å². The summed E-state index contributed by atoms with van der Waals surface area (Å²) < 4.78 is 11.4. The zero-order valence-electron chi connectivity index (χ0n) is 10.6. The van der Waals surface area contributed by atoms with Crippen LogP contribution in [0.5, 0.6) is 0 Å². The Hall–Kier alpha value is -1.95. The van der Waals surface area contributed by atoms with Gasteiger partial charge in [0.1, 0.15) is 6.61 Å². The van der Waals surface area contributed by atoms with Gasteiger partial charge in [0.15, 0.2) is 5.58 Å². The summed E-state index contributed by atoms with van der Waals surface area (Å²) in [7, 11) is 3.17. The molecule has 102 valence electrons. The maximum Gasteiger partial charge on any atom is 0.420 e. The maximum atomic E-state index is 11.7. The third-order valence-electron chi connectivity index (χ3n) is 2.54. The molecule has 0 fully saturated rings. The highest BCUT2D eigenvalue weighted by Gasteiger charge is 2.10. The Morgan fingerprint density at radius 1 is 1.47 bits per heavy atom. The largest absolute Gasteiger partial charge is 0.448 e. The summed E-state index contributed by atoms with van der Waals surface area (Å²) in [6, 6.07) is 4.93. The highest BCUT2D eigenvalue weighted by atomic mass is 35.5. The minimum absolute atomic E-state index is 0.0914. The molecular formula is C12H13ClN2O4. The normalized spacial score (nSPS) is 10.7. The van der Waals surface area contributed by atoms with Crippen LogP contribution in [0.4, 0.5) is 4.79 Å². The van der Waals surface area contributed by atoms with E-state index in [0.29, 0.717) is 16.1 Å². The number of carbonyl (C=O) groups excluding carboxylic acids is 1. The summed E-state index contributed by atoms with van der Waals surface area (Å²) in [6.45, 7) is 0.321. The first-order valence-electron chi connectivity index (χ1n) is 5.62. The fourth-order valence-electron chi connectivity index (χ4n) is 1.61. The first-order chi connectivity index (χ1) is 8.99. The van der Waals surface area contributed by atoms with Crippen LogP contribution in [0, 0.1) is 0 Å². The highest BCUT2D eigenvalue weighted by molar-refractivity contribution is 6.31. The minimum atomic E-state index is -0.502. The Kier molecular flexibility index (Phi) is 3.80. The molecule has 0 bridgehead atoms. The predicted molar refractivity (Wildman–Crippen MR) is 70.5 cm³/mol. The molecule has 19 heavy (non-hydrogen) atoms. The van der Waals surface area contributed by atoms with E-state index in [-0.39, 0.29) is 13.2 Å². The summed E-state index contributed by atoms with van der Waals surface area (Å²) >= 11 is 5.81. The van der Waals surface area contributed by atoms with Crippen molar-refractivity contribution in [3.05, 3.63) is 33.8 Å². The number of amides is 1. The monoisotopic (exact) mass is 284 g/mol. The summed E-state index contributed by atoms with van der Waals surface area (Å²) in [6.07, 6.45) is -0.455. The molecule has 0 aliphatic rings. The quantitative estimate of drug-likeness (QED) is 0.864. The number of halogens is 1. The molecule has 6 nitrogen and oxygen atoms in total. The van der Waals surface area contributed by atoms with Crippen molar-refractivity contribution in [1.29, 1.82) is 0 Å². The summed E-state index contributed by atoms with van der Waals surface area (Å²) in [5.41, 5.74) is 1.03. The topological polar surface area (TPSA) is 64.7 Å². The van der Waals surface area contributed by atoms with Crippen LogP contribution in [0.25, 0.3) is 11.1 Å². The van der Waals surface area contributed by atoms with Crippen LogP contribution < -0.4 is 5.76 Å². The molecule has 0 saturated carbocycles. The second-order valence-corrected chi connectivity index (χ2v) is 4.58. The molecule has 1 amide bonds. The van der Waals surface area contributed by atoms with Gasteiger partial charge in [-0.2, -0.15) is 0 Å². The molecule has 0 radical (unpaired) electrons. The van der Waals surface area contributed by atoms with Gasteiger partial charge in [-0.15, -0.1) is 0 Å². The second-order valence-electron chi connectivity index (χ2n) is 4.14. The third kappa shape index (κ3) is 2.90. The maximum absolute atomic E-state index is 11.7. The summed E-state index contributed by atoms with van der Waals surface area (Å²) in [5, 5.41) is 0.493. The second kappa shape index (κ2) is 5.36. The predicted octanol–water partition coefficient (Wildman–Crippen LogP) is 1.95. The standard InChI is InChI=1S/C12H13ClN2O4/c1-14(2)11(16)18-6-5-15-9-4-3-8(13)7-10(9)19-12(15)17/h3-4,7H,5-6H2,1-2H3. The Morgan fingerprint density at radius 2 is 2.21 bits per heavy atom. The van der Waals surface area contributed by atoms with Gasteiger partial charge >= 0.3 is 11.8 Å². The van der Waals surface area contributed by atoms with Crippen molar-refractivity contribution in [2.75, 3.05) is 20.7 Å². The van der Waals surface area contributed by atoms with Crippen LogP contribution in [0.1, 0.15) is 0 Å². The van der Waals surface area contributed by atoms with Crippen molar-refractivity contribution in [3.8, 4) is 0 Å². The lowest BCUT2D eigenvalue weighted by Crippen LogP contribution is -2.25. The van der Waals surface area contributed by atoms with Crippen LogP contribution in [0.15, 0.2) is 27.4 Å². The fourth-order valence-corrected chi connectivity index (χ4v) is 1.77. The molecule has 0 saturated heterocycles. The first kappa shape index (κ1) is 13.5. The van der Waals surface area contributed by atoms with Gasteiger partial charge in [-0.3, -0.25) is 4.57 Å². The van der Waals surface area contributed by atoms with E-state index in [1.165, 1.54) is 9.47 Å². The smallest absolute Gasteiger partial charge is 0.420 e. The molecule has 2 aromatic rings. The van der Waals surface area contributed by atoms with Crippen LogP contribution in [0.3, 0.4) is 0 Å². The van der Waals surface area contributed by atoms with Crippen LogP contribution in [-0.4, -0.2) is 36.3 Å². The number of aromatic nitrogens is 1. The number of hydrogen-bond acceptors (Lipinski definition) is 4. The van der Waals surface area contributed by atoms with E-state index in [2.05, 4.69) is 0 Å². The first-order valence-corrected chi connectivity index (χ1v) is 6.00. The molecule has 0 atom stereocenters. The van der Waals surface area contributed by atoms with E-state index in [4.69, 9.17) is 20.8 Å². The molecule has 1 aromatic heterocycles. The molecule has 7 heteroatoms. The number of nitrogens with zero attached hydrogens (tertiary/aromatic N) is 2. The summed E-state index contributed by atoms with van der Waals surface area (Å²) in [5.74, 6) is -0.502. The SMILES string of the molecule is CN(C)C(=O)OCCn1c(=O)oc2cc(Cl)ccc21. The molecule has 2 rings (SSSR count). The average Bonchev–Trinajstić information content (AvgIpc) is 2.64. The average molecular weight is 285 g/mol. The zero-order chi connectivity index (χ0) is 14.0.